The van der Waals surface area contributed by atoms with E-state index in [1.54, 1.807) is 0 Å². The van der Waals surface area contributed by atoms with Gasteiger partial charge in [-0.15, -0.1) is 0 Å². The molecule has 0 bridgehead atoms. The van der Waals surface area contributed by atoms with Crippen LogP contribution >= 0.6 is 0 Å². The Morgan fingerprint density at radius 2 is 1.58 bits per heavy atom. The fourth-order valence-electron chi connectivity index (χ4n) is 1.82. The van der Waals surface area contributed by atoms with E-state index < -0.39 is 30.1 Å². The SMILES string of the molecule is CC(C)C[C@H](NC(=O)[C@H](O)[C@H](N)CC(C)C)C(=O)O. The molecule has 112 valence electrons. The van der Waals surface area contributed by atoms with Gasteiger partial charge in [-0.3, -0.25) is 4.79 Å². The third kappa shape index (κ3) is 7.12. The first-order chi connectivity index (χ1) is 8.65. The highest BCUT2D eigenvalue weighted by Crippen LogP contribution is 2.08. The highest BCUT2D eigenvalue weighted by Gasteiger charge is 2.28. The average molecular weight is 274 g/mol. The maximum Gasteiger partial charge on any atom is 0.326 e. The van der Waals surface area contributed by atoms with Crippen LogP contribution in [0.5, 0.6) is 0 Å². The van der Waals surface area contributed by atoms with E-state index in [0.717, 1.165) is 0 Å². The van der Waals surface area contributed by atoms with Crippen LogP contribution in [0.25, 0.3) is 0 Å². The number of aliphatic hydroxyl groups excluding tert-OH is 1. The number of amides is 1. The molecule has 0 aliphatic carbocycles. The molecule has 3 atom stereocenters. The molecule has 0 heterocycles. The molecule has 0 fully saturated rings. The lowest BCUT2D eigenvalue weighted by molar-refractivity contribution is -0.144. The van der Waals surface area contributed by atoms with Gasteiger partial charge in [0.1, 0.15) is 12.1 Å². The van der Waals surface area contributed by atoms with Crippen molar-refractivity contribution < 1.29 is 19.8 Å². The zero-order valence-electron chi connectivity index (χ0n) is 12.1. The minimum atomic E-state index is -1.38. The van der Waals surface area contributed by atoms with Crippen LogP contribution in [0.15, 0.2) is 0 Å². The Bertz CT molecular complexity index is 305. The van der Waals surface area contributed by atoms with Gasteiger partial charge >= 0.3 is 5.97 Å². The van der Waals surface area contributed by atoms with E-state index in [-0.39, 0.29) is 11.8 Å². The Labute approximate surface area is 114 Å². The minimum Gasteiger partial charge on any atom is -0.480 e. The van der Waals surface area contributed by atoms with Crippen molar-refractivity contribution in [3.63, 3.8) is 0 Å². The van der Waals surface area contributed by atoms with Gasteiger partial charge in [0, 0.05) is 6.04 Å². The Hall–Kier alpha value is -1.14. The van der Waals surface area contributed by atoms with Crippen molar-refractivity contribution in [3.8, 4) is 0 Å². The monoisotopic (exact) mass is 274 g/mol. The molecule has 1 amide bonds. The Morgan fingerprint density at radius 1 is 1.11 bits per heavy atom. The molecular formula is C13H26N2O4. The molecule has 0 rings (SSSR count). The van der Waals surface area contributed by atoms with Crippen LogP contribution in [0, 0.1) is 11.8 Å². The zero-order chi connectivity index (χ0) is 15.2. The Balaban J connectivity index is 4.50. The minimum absolute atomic E-state index is 0.128. The molecule has 0 aromatic heterocycles. The Morgan fingerprint density at radius 3 is 1.95 bits per heavy atom. The molecule has 5 N–H and O–H groups in total. The summed E-state index contributed by atoms with van der Waals surface area (Å²) in [4.78, 5) is 22.8. The van der Waals surface area contributed by atoms with Crippen LogP contribution in [0.3, 0.4) is 0 Å². The first-order valence-electron chi connectivity index (χ1n) is 6.62. The first kappa shape index (κ1) is 17.9. The number of hydrogen-bond acceptors (Lipinski definition) is 4. The summed E-state index contributed by atoms with van der Waals surface area (Å²) in [6.07, 6.45) is -0.569. The van der Waals surface area contributed by atoms with Crippen LogP contribution in [0.4, 0.5) is 0 Å². The van der Waals surface area contributed by atoms with Gasteiger partial charge in [0.25, 0.3) is 5.91 Å². The van der Waals surface area contributed by atoms with E-state index in [4.69, 9.17) is 10.8 Å². The highest BCUT2D eigenvalue weighted by molar-refractivity contribution is 5.86. The third-order valence-electron chi connectivity index (χ3n) is 2.74. The molecule has 0 saturated carbocycles. The van der Waals surface area contributed by atoms with Crippen molar-refractivity contribution in [1.82, 2.24) is 5.32 Å². The Kier molecular flexibility index (Phi) is 7.63. The maximum atomic E-state index is 11.8. The highest BCUT2D eigenvalue weighted by atomic mass is 16.4. The van der Waals surface area contributed by atoms with Crippen LogP contribution < -0.4 is 11.1 Å². The molecule has 6 heteroatoms. The van der Waals surface area contributed by atoms with E-state index in [1.165, 1.54) is 0 Å². The molecule has 0 aromatic carbocycles. The van der Waals surface area contributed by atoms with Crippen molar-refractivity contribution in [2.75, 3.05) is 0 Å². The van der Waals surface area contributed by atoms with E-state index >= 15 is 0 Å². The number of nitrogens with two attached hydrogens (primary N) is 1. The summed E-state index contributed by atoms with van der Waals surface area (Å²) >= 11 is 0. The normalized spacial score (nSPS) is 16.2. The lowest BCUT2D eigenvalue weighted by Crippen LogP contribution is -2.51. The van der Waals surface area contributed by atoms with Gasteiger partial charge in [0.15, 0.2) is 0 Å². The molecule has 6 nitrogen and oxygen atoms in total. The largest absolute Gasteiger partial charge is 0.480 e. The number of carbonyl (C=O) groups is 2. The van der Waals surface area contributed by atoms with Crippen molar-refractivity contribution in [2.24, 2.45) is 17.6 Å². The molecule has 19 heavy (non-hydrogen) atoms. The number of carboxylic acids is 1. The molecule has 0 aliphatic rings. The fourth-order valence-corrected chi connectivity index (χ4v) is 1.82. The smallest absolute Gasteiger partial charge is 0.326 e. The number of carboxylic acid groups (broad SMARTS) is 1. The summed E-state index contributed by atoms with van der Waals surface area (Å²) in [5, 5.41) is 21.1. The lowest BCUT2D eigenvalue weighted by Gasteiger charge is -2.23. The summed E-state index contributed by atoms with van der Waals surface area (Å²) < 4.78 is 0. The fraction of sp³-hybridized carbons (Fsp3) is 0.846. The van der Waals surface area contributed by atoms with E-state index in [2.05, 4.69) is 5.32 Å². The molecule has 0 spiro atoms. The second kappa shape index (κ2) is 8.12. The van der Waals surface area contributed by atoms with Gasteiger partial charge in [0.2, 0.25) is 0 Å². The van der Waals surface area contributed by atoms with Crippen molar-refractivity contribution in [1.29, 1.82) is 0 Å². The van der Waals surface area contributed by atoms with Gasteiger partial charge in [-0.1, -0.05) is 27.7 Å². The summed E-state index contributed by atoms with van der Waals surface area (Å²) in [6, 6.07) is -1.68. The van der Waals surface area contributed by atoms with Gasteiger partial charge in [-0.05, 0) is 24.7 Å². The number of nitrogens with one attached hydrogen (secondary N) is 1. The second-order valence-electron chi connectivity index (χ2n) is 5.77. The number of carbonyl (C=O) groups excluding carboxylic acids is 1. The molecule has 0 aliphatic heterocycles. The lowest BCUT2D eigenvalue weighted by atomic mass is 9.98. The maximum absolute atomic E-state index is 11.8. The third-order valence-corrected chi connectivity index (χ3v) is 2.74. The van der Waals surface area contributed by atoms with Crippen molar-refractivity contribution >= 4 is 11.9 Å². The molecule has 0 saturated heterocycles. The van der Waals surface area contributed by atoms with Gasteiger partial charge in [0.05, 0.1) is 0 Å². The second-order valence-corrected chi connectivity index (χ2v) is 5.77. The standard InChI is InChI=1S/C13H26N2O4/c1-7(2)5-9(14)11(16)12(17)15-10(13(18)19)6-8(3)4/h7-11,16H,5-6,14H2,1-4H3,(H,15,17)(H,18,19)/t9-,10+,11-/m1/s1. The molecule has 0 aromatic rings. The summed E-state index contributed by atoms with van der Waals surface area (Å²) in [5.74, 6) is -1.45. The van der Waals surface area contributed by atoms with Gasteiger partial charge in [-0.2, -0.15) is 0 Å². The van der Waals surface area contributed by atoms with E-state index in [9.17, 15) is 14.7 Å². The number of hydrogen-bond donors (Lipinski definition) is 4. The molecular weight excluding hydrogens is 248 g/mol. The number of aliphatic carboxylic acids is 1. The van der Waals surface area contributed by atoms with E-state index in [0.29, 0.717) is 12.8 Å². The van der Waals surface area contributed by atoms with Crippen molar-refractivity contribution in [2.45, 2.75) is 58.7 Å². The predicted octanol–water partition coefficient (Wildman–Crippen LogP) is 0.336. The van der Waals surface area contributed by atoms with Gasteiger partial charge in [-0.25, -0.2) is 4.79 Å². The average Bonchev–Trinajstić information content (AvgIpc) is 2.25. The zero-order valence-corrected chi connectivity index (χ0v) is 12.1. The van der Waals surface area contributed by atoms with Crippen LogP contribution in [0.2, 0.25) is 0 Å². The first-order valence-corrected chi connectivity index (χ1v) is 6.62. The summed E-state index contributed by atoms with van der Waals surface area (Å²) in [6.45, 7) is 7.60. The predicted molar refractivity (Wildman–Crippen MR) is 72.5 cm³/mol. The summed E-state index contributed by atoms with van der Waals surface area (Å²) in [7, 11) is 0. The van der Waals surface area contributed by atoms with Crippen LogP contribution in [-0.4, -0.2) is 40.3 Å². The van der Waals surface area contributed by atoms with Crippen LogP contribution in [0.1, 0.15) is 40.5 Å². The van der Waals surface area contributed by atoms with Gasteiger partial charge < -0.3 is 21.3 Å². The topological polar surface area (TPSA) is 113 Å². The number of aliphatic hydroxyl groups is 1. The molecule has 0 unspecified atom stereocenters. The molecule has 0 radical (unpaired) electrons. The quantitative estimate of drug-likeness (QED) is 0.509. The summed E-state index contributed by atoms with van der Waals surface area (Å²) in [5.41, 5.74) is 5.71. The van der Waals surface area contributed by atoms with E-state index in [1.807, 2.05) is 27.7 Å². The number of rotatable bonds is 8. The van der Waals surface area contributed by atoms with Crippen molar-refractivity contribution in [3.05, 3.63) is 0 Å². The van der Waals surface area contributed by atoms with Crippen LogP contribution in [-0.2, 0) is 9.59 Å².